The highest BCUT2D eigenvalue weighted by Gasteiger charge is 2.27. The van der Waals surface area contributed by atoms with Crippen LogP contribution in [-0.4, -0.2) is 23.6 Å². The number of amides is 1. The van der Waals surface area contributed by atoms with Gasteiger partial charge in [0.25, 0.3) is 5.91 Å². The minimum Gasteiger partial charge on any atom is -0.462 e. The molecule has 0 spiro atoms. The summed E-state index contributed by atoms with van der Waals surface area (Å²) in [5.74, 6) is -1.07. The van der Waals surface area contributed by atoms with Gasteiger partial charge in [-0.25, -0.2) is 4.79 Å². The molecular formula is C17H13ClN2O4S. The zero-order chi connectivity index (χ0) is 17.8. The summed E-state index contributed by atoms with van der Waals surface area (Å²) in [6.45, 7) is 1.87. The molecule has 0 fully saturated rings. The number of carbonyl (C=O) groups is 2. The predicted molar refractivity (Wildman–Crippen MR) is 95.2 cm³/mol. The van der Waals surface area contributed by atoms with Crippen LogP contribution in [0.4, 0.5) is 5.88 Å². The van der Waals surface area contributed by atoms with E-state index in [0.717, 1.165) is 0 Å². The van der Waals surface area contributed by atoms with Crippen molar-refractivity contribution in [1.82, 2.24) is 5.16 Å². The summed E-state index contributed by atoms with van der Waals surface area (Å²) < 4.78 is 10.3. The third kappa shape index (κ3) is 3.72. The minimum atomic E-state index is -0.629. The van der Waals surface area contributed by atoms with Gasteiger partial charge in [0.15, 0.2) is 5.56 Å². The van der Waals surface area contributed by atoms with Gasteiger partial charge in [0.1, 0.15) is 5.69 Å². The number of rotatable bonds is 5. The molecule has 1 amide bonds. The zero-order valence-corrected chi connectivity index (χ0v) is 14.7. The van der Waals surface area contributed by atoms with E-state index in [9.17, 15) is 9.59 Å². The van der Waals surface area contributed by atoms with E-state index in [-0.39, 0.29) is 29.7 Å². The Kier molecular flexibility index (Phi) is 5.16. The molecule has 0 radical (unpaired) electrons. The molecule has 0 aliphatic heterocycles. The van der Waals surface area contributed by atoms with Gasteiger partial charge in [-0.15, -0.1) is 11.3 Å². The topological polar surface area (TPSA) is 81.4 Å². The summed E-state index contributed by atoms with van der Waals surface area (Å²) in [6, 6.07) is 10.2. The van der Waals surface area contributed by atoms with Crippen LogP contribution in [0.25, 0.3) is 11.3 Å². The molecule has 1 N–H and O–H groups in total. The Hall–Kier alpha value is -2.64. The van der Waals surface area contributed by atoms with Crippen LogP contribution in [0.1, 0.15) is 27.0 Å². The first-order valence-corrected chi connectivity index (χ1v) is 8.63. The van der Waals surface area contributed by atoms with Gasteiger partial charge in [0, 0.05) is 10.6 Å². The molecule has 3 rings (SSSR count). The van der Waals surface area contributed by atoms with Gasteiger partial charge < -0.3 is 9.26 Å². The smallest absolute Gasteiger partial charge is 0.346 e. The van der Waals surface area contributed by atoms with E-state index in [1.165, 1.54) is 11.3 Å². The summed E-state index contributed by atoms with van der Waals surface area (Å²) in [5.41, 5.74) is 0.957. The normalized spacial score (nSPS) is 10.5. The number of esters is 1. The van der Waals surface area contributed by atoms with Crippen LogP contribution in [0.2, 0.25) is 5.02 Å². The molecule has 6 nitrogen and oxygen atoms in total. The summed E-state index contributed by atoms with van der Waals surface area (Å²) in [5, 5.41) is 8.82. The molecule has 0 aliphatic rings. The van der Waals surface area contributed by atoms with Crippen molar-refractivity contribution in [2.24, 2.45) is 0 Å². The van der Waals surface area contributed by atoms with Crippen molar-refractivity contribution in [3.63, 3.8) is 0 Å². The minimum absolute atomic E-state index is 0.0539. The summed E-state index contributed by atoms with van der Waals surface area (Å²) in [7, 11) is 0. The highest BCUT2D eigenvalue weighted by molar-refractivity contribution is 7.12. The van der Waals surface area contributed by atoms with Crippen molar-refractivity contribution in [3.05, 3.63) is 57.2 Å². The number of hydrogen-bond acceptors (Lipinski definition) is 6. The third-order valence-corrected chi connectivity index (χ3v) is 4.38. The molecule has 8 heteroatoms. The molecular weight excluding hydrogens is 364 g/mol. The van der Waals surface area contributed by atoms with E-state index in [4.69, 9.17) is 20.9 Å². The van der Waals surface area contributed by atoms with Crippen molar-refractivity contribution in [1.29, 1.82) is 0 Å². The lowest BCUT2D eigenvalue weighted by Gasteiger charge is -2.05. The highest BCUT2D eigenvalue weighted by atomic mass is 35.5. The second kappa shape index (κ2) is 7.50. The number of hydrogen-bond donors (Lipinski definition) is 1. The van der Waals surface area contributed by atoms with E-state index in [1.54, 1.807) is 48.7 Å². The standard InChI is InChI=1S/C17H13ClN2O4S/c1-2-23-17(22)13-14(10-5-7-11(18)8-6-10)20-24-16(13)19-15(21)12-4-3-9-25-12/h3-9H,2H2,1H3,(H,19,21). The van der Waals surface area contributed by atoms with E-state index in [2.05, 4.69) is 10.5 Å². The zero-order valence-electron chi connectivity index (χ0n) is 13.1. The maximum absolute atomic E-state index is 12.4. The number of carbonyl (C=O) groups excluding carboxylic acids is 2. The van der Waals surface area contributed by atoms with Crippen LogP contribution >= 0.6 is 22.9 Å². The van der Waals surface area contributed by atoms with Gasteiger partial charge >= 0.3 is 5.97 Å². The maximum Gasteiger partial charge on any atom is 0.346 e. The molecule has 0 bridgehead atoms. The van der Waals surface area contributed by atoms with Crippen LogP contribution < -0.4 is 5.32 Å². The number of nitrogens with one attached hydrogen (secondary N) is 1. The van der Waals surface area contributed by atoms with E-state index in [0.29, 0.717) is 15.5 Å². The molecule has 0 saturated heterocycles. The number of benzene rings is 1. The first kappa shape index (κ1) is 17.2. The second-order valence-corrected chi connectivity index (χ2v) is 6.28. The van der Waals surface area contributed by atoms with Gasteiger partial charge in [-0.2, -0.15) is 0 Å². The third-order valence-electron chi connectivity index (χ3n) is 3.26. The van der Waals surface area contributed by atoms with E-state index >= 15 is 0 Å². The van der Waals surface area contributed by atoms with Gasteiger partial charge in [-0.3, -0.25) is 10.1 Å². The predicted octanol–water partition coefficient (Wildman–Crippen LogP) is 4.49. The lowest BCUT2D eigenvalue weighted by molar-refractivity contribution is 0.0528. The van der Waals surface area contributed by atoms with Crippen molar-refractivity contribution in [3.8, 4) is 11.3 Å². The molecule has 0 atom stereocenters. The van der Waals surface area contributed by atoms with Gasteiger partial charge in [-0.1, -0.05) is 35.0 Å². The SMILES string of the molecule is CCOC(=O)c1c(-c2ccc(Cl)cc2)noc1NC(=O)c1cccs1. The molecule has 2 heterocycles. The number of aromatic nitrogens is 1. The van der Waals surface area contributed by atoms with Crippen molar-refractivity contribution in [2.45, 2.75) is 6.92 Å². The van der Waals surface area contributed by atoms with Gasteiger partial charge in [0.05, 0.1) is 11.5 Å². The van der Waals surface area contributed by atoms with Crippen LogP contribution in [-0.2, 0) is 4.74 Å². The monoisotopic (exact) mass is 376 g/mol. The Bertz CT molecular complexity index is 888. The Morgan fingerprint density at radius 1 is 1.28 bits per heavy atom. The lowest BCUT2D eigenvalue weighted by Crippen LogP contribution is -2.14. The van der Waals surface area contributed by atoms with Crippen molar-refractivity contribution in [2.75, 3.05) is 11.9 Å². The Labute approximate surface area is 152 Å². The number of ether oxygens (including phenoxy) is 1. The average molecular weight is 377 g/mol. The van der Waals surface area contributed by atoms with Gasteiger partial charge in [0.2, 0.25) is 5.88 Å². The fraction of sp³-hybridized carbons (Fsp3) is 0.118. The number of thiophene rings is 1. The fourth-order valence-corrected chi connectivity index (χ4v) is 2.89. The Morgan fingerprint density at radius 2 is 2.04 bits per heavy atom. The largest absolute Gasteiger partial charge is 0.462 e. The molecule has 25 heavy (non-hydrogen) atoms. The van der Waals surface area contributed by atoms with Crippen LogP contribution in [0, 0.1) is 0 Å². The van der Waals surface area contributed by atoms with Crippen LogP contribution in [0.5, 0.6) is 0 Å². The molecule has 0 saturated carbocycles. The van der Waals surface area contributed by atoms with Crippen LogP contribution in [0.15, 0.2) is 46.3 Å². The molecule has 128 valence electrons. The van der Waals surface area contributed by atoms with Gasteiger partial charge in [-0.05, 0) is 30.5 Å². The summed E-state index contributed by atoms with van der Waals surface area (Å²) in [4.78, 5) is 25.1. The highest BCUT2D eigenvalue weighted by Crippen LogP contribution is 2.31. The molecule has 0 aliphatic carbocycles. The second-order valence-electron chi connectivity index (χ2n) is 4.89. The molecule has 3 aromatic rings. The maximum atomic E-state index is 12.4. The summed E-state index contributed by atoms with van der Waals surface area (Å²) >= 11 is 7.17. The Morgan fingerprint density at radius 3 is 2.68 bits per heavy atom. The average Bonchev–Trinajstić information content (AvgIpc) is 3.25. The summed E-state index contributed by atoms with van der Waals surface area (Å²) in [6.07, 6.45) is 0. The molecule has 2 aromatic heterocycles. The van der Waals surface area contributed by atoms with E-state index in [1.807, 2.05) is 0 Å². The van der Waals surface area contributed by atoms with E-state index < -0.39 is 5.97 Å². The van der Waals surface area contributed by atoms with Crippen LogP contribution in [0.3, 0.4) is 0 Å². The number of nitrogens with zero attached hydrogens (tertiary/aromatic N) is 1. The first-order chi connectivity index (χ1) is 12.1. The van der Waals surface area contributed by atoms with Crippen molar-refractivity contribution >= 4 is 40.7 Å². The Balaban J connectivity index is 1.99. The fourth-order valence-electron chi connectivity index (χ4n) is 2.15. The number of halogens is 1. The lowest BCUT2D eigenvalue weighted by atomic mass is 10.1. The van der Waals surface area contributed by atoms with Crippen molar-refractivity contribution < 1.29 is 18.8 Å². The first-order valence-electron chi connectivity index (χ1n) is 7.37. The molecule has 0 unspecified atom stereocenters. The number of anilines is 1. The quantitative estimate of drug-likeness (QED) is 0.663. The molecule has 1 aromatic carbocycles.